The Labute approximate surface area is 114 Å². The number of nitrogens with two attached hydrogens (primary N) is 1. The standard InChI is InChI=1S/C11H9ClFN3O2S/c12-7-5-9(14)11(13)10(6-7)19(17,18)16-8-1-3-15-4-2-8/h1-6H,14H2,(H,15,16). The van der Waals surface area contributed by atoms with Gasteiger partial charge in [-0.1, -0.05) is 11.6 Å². The normalized spacial score (nSPS) is 11.3. The van der Waals surface area contributed by atoms with E-state index in [1.807, 2.05) is 0 Å². The first-order chi connectivity index (χ1) is 8.90. The average molecular weight is 302 g/mol. The molecule has 2 aromatic rings. The van der Waals surface area contributed by atoms with Crippen LogP contribution in [0.3, 0.4) is 0 Å². The second-order valence-electron chi connectivity index (χ2n) is 3.65. The Morgan fingerprint density at radius 3 is 2.53 bits per heavy atom. The lowest BCUT2D eigenvalue weighted by molar-refractivity contribution is 0.573. The van der Waals surface area contributed by atoms with Gasteiger partial charge in [-0.15, -0.1) is 0 Å². The van der Waals surface area contributed by atoms with Gasteiger partial charge in [0, 0.05) is 17.4 Å². The lowest BCUT2D eigenvalue weighted by Gasteiger charge is -2.10. The number of nitrogens with zero attached hydrogens (tertiary/aromatic N) is 1. The van der Waals surface area contributed by atoms with Crippen LogP contribution in [0.15, 0.2) is 41.6 Å². The number of anilines is 2. The van der Waals surface area contributed by atoms with E-state index in [4.69, 9.17) is 17.3 Å². The Bertz CT molecular complexity index is 707. The molecule has 1 heterocycles. The number of hydrogen-bond donors (Lipinski definition) is 2. The second kappa shape index (κ2) is 5.02. The maximum atomic E-state index is 13.8. The average Bonchev–Trinajstić information content (AvgIpc) is 2.34. The van der Waals surface area contributed by atoms with Crippen LogP contribution < -0.4 is 10.5 Å². The Kier molecular flexibility index (Phi) is 3.59. The molecule has 5 nitrogen and oxygen atoms in total. The largest absolute Gasteiger partial charge is 0.396 e. The monoisotopic (exact) mass is 301 g/mol. The van der Waals surface area contributed by atoms with Crippen LogP contribution in [-0.2, 0) is 10.0 Å². The second-order valence-corrected chi connectivity index (χ2v) is 5.74. The highest BCUT2D eigenvalue weighted by molar-refractivity contribution is 7.92. The van der Waals surface area contributed by atoms with Gasteiger partial charge in [-0.25, -0.2) is 12.8 Å². The molecule has 3 N–H and O–H groups in total. The summed E-state index contributed by atoms with van der Waals surface area (Å²) >= 11 is 5.68. The third-order valence-corrected chi connectivity index (χ3v) is 3.85. The molecule has 0 saturated heterocycles. The molecule has 0 aliphatic carbocycles. The van der Waals surface area contributed by atoms with E-state index in [2.05, 4.69) is 9.71 Å². The van der Waals surface area contributed by atoms with Gasteiger partial charge in [-0.2, -0.15) is 0 Å². The van der Waals surface area contributed by atoms with Crippen molar-refractivity contribution in [1.29, 1.82) is 0 Å². The molecule has 2 rings (SSSR count). The summed E-state index contributed by atoms with van der Waals surface area (Å²) in [6.07, 6.45) is 2.81. The van der Waals surface area contributed by atoms with E-state index in [9.17, 15) is 12.8 Å². The van der Waals surface area contributed by atoms with Crippen molar-refractivity contribution in [3.8, 4) is 0 Å². The molecule has 0 spiro atoms. The Morgan fingerprint density at radius 1 is 1.26 bits per heavy atom. The number of halogens is 2. The zero-order chi connectivity index (χ0) is 14.0. The van der Waals surface area contributed by atoms with Crippen LogP contribution in [0.1, 0.15) is 0 Å². The topological polar surface area (TPSA) is 85.1 Å². The van der Waals surface area contributed by atoms with Crippen LogP contribution in [0.25, 0.3) is 0 Å². The number of pyridine rings is 1. The summed E-state index contributed by atoms with van der Waals surface area (Å²) in [6, 6.07) is 5.01. The SMILES string of the molecule is Nc1cc(Cl)cc(S(=O)(=O)Nc2ccncc2)c1F. The number of aromatic nitrogens is 1. The van der Waals surface area contributed by atoms with Crippen molar-refractivity contribution in [3.05, 3.63) is 47.5 Å². The fourth-order valence-corrected chi connectivity index (χ4v) is 2.89. The minimum Gasteiger partial charge on any atom is -0.396 e. The lowest BCUT2D eigenvalue weighted by Crippen LogP contribution is -2.15. The smallest absolute Gasteiger partial charge is 0.264 e. The van der Waals surface area contributed by atoms with Gasteiger partial charge in [0.15, 0.2) is 5.82 Å². The first kappa shape index (κ1) is 13.6. The maximum Gasteiger partial charge on any atom is 0.264 e. The highest BCUT2D eigenvalue weighted by atomic mass is 35.5. The number of nitrogens with one attached hydrogen (secondary N) is 1. The molecule has 0 fully saturated rings. The Morgan fingerprint density at radius 2 is 1.89 bits per heavy atom. The molecule has 100 valence electrons. The van der Waals surface area contributed by atoms with E-state index in [1.165, 1.54) is 24.5 Å². The molecule has 0 saturated carbocycles. The molecule has 0 unspecified atom stereocenters. The molecule has 19 heavy (non-hydrogen) atoms. The molecule has 0 atom stereocenters. The van der Waals surface area contributed by atoms with Gasteiger partial charge >= 0.3 is 0 Å². The first-order valence-electron chi connectivity index (χ1n) is 5.07. The van der Waals surface area contributed by atoms with Crippen molar-refractivity contribution in [2.45, 2.75) is 4.90 Å². The van der Waals surface area contributed by atoms with E-state index in [-0.39, 0.29) is 16.4 Å². The number of rotatable bonds is 3. The number of benzene rings is 1. The first-order valence-corrected chi connectivity index (χ1v) is 6.93. The predicted molar refractivity (Wildman–Crippen MR) is 70.9 cm³/mol. The molecule has 1 aromatic heterocycles. The van der Waals surface area contributed by atoms with Gasteiger partial charge in [0.2, 0.25) is 0 Å². The predicted octanol–water partition coefficient (Wildman–Crippen LogP) is 2.26. The molecular weight excluding hydrogens is 293 g/mol. The number of sulfonamides is 1. The van der Waals surface area contributed by atoms with Gasteiger partial charge in [-0.05, 0) is 24.3 Å². The minimum absolute atomic E-state index is 0.0361. The quantitative estimate of drug-likeness (QED) is 0.852. The summed E-state index contributed by atoms with van der Waals surface area (Å²) in [5.41, 5.74) is 5.28. The molecule has 0 aliphatic heterocycles. The van der Waals surface area contributed by atoms with Crippen molar-refractivity contribution < 1.29 is 12.8 Å². The van der Waals surface area contributed by atoms with Crippen molar-refractivity contribution in [2.75, 3.05) is 10.5 Å². The molecule has 8 heteroatoms. The van der Waals surface area contributed by atoms with E-state index in [0.29, 0.717) is 0 Å². The zero-order valence-corrected chi connectivity index (χ0v) is 11.0. The van der Waals surface area contributed by atoms with Crippen molar-refractivity contribution in [3.63, 3.8) is 0 Å². The van der Waals surface area contributed by atoms with Crippen LogP contribution >= 0.6 is 11.6 Å². The van der Waals surface area contributed by atoms with Crippen LogP contribution in [0.4, 0.5) is 15.8 Å². The third-order valence-electron chi connectivity index (χ3n) is 2.25. The summed E-state index contributed by atoms with van der Waals surface area (Å²) in [5, 5.41) is 0.0361. The van der Waals surface area contributed by atoms with E-state index >= 15 is 0 Å². The summed E-state index contributed by atoms with van der Waals surface area (Å²) in [5.74, 6) is -1.04. The van der Waals surface area contributed by atoms with Crippen molar-refractivity contribution >= 4 is 33.0 Å². The summed E-state index contributed by atoms with van der Waals surface area (Å²) in [4.78, 5) is 3.14. The van der Waals surface area contributed by atoms with Crippen LogP contribution in [-0.4, -0.2) is 13.4 Å². The van der Waals surface area contributed by atoms with Crippen LogP contribution in [0.2, 0.25) is 5.02 Å². The van der Waals surface area contributed by atoms with Gasteiger partial charge in [0.05, 0.1) is 11.4 Å². The van der Waals surface area contributed by atoms with Crippen LogP contribution in [0, 0.1) is 5.82 Å². The molecule has 1 aromatic carbocycles. The summed E-state index contributed by atoms with van der Waals surface area (Å²) in [6.45, 7) is 0. The van der Waals surface area contributed by atoms with E-state index < -0.39 is 20.7 Å². The lowest BCUT2D eigenvalue weighted by atomic mass is 10.3. The summed E-state index contributed by atoms with van der Waals surface area (Å²) < 4.78 is 40.1. The number of nitrogen functional groups attached to an aromatic ring is 1. The highest BCUT2D eigenvalue weighted by Gasteiger charge is 2.21. The Balaban J connectivity index is 2.46. The molecule has 0 bridgehead atoms. The highest BCUT2D eigenvalue weighted by Crippen LogP contribution is 2.26. The molecule has 0 radical (unpaired) electrons. The zero-order valence-electron chi connectivity index (χ0n) is 9.47. The Hall–Kier alpha value is -1.86. The summed E-state index contributed by atoms with van der Waals surface area (Å²) in [7, 11) is -4.11. The molecule has 0 amide bonds. The number of hydrogen-bond acceptors (Lipinski definition) is 4. The fraction of sp³-hybridized carbons (Fsp3) is 0. The third kappa shape index (κ3) is 2.94. The van der Waals surface area contributed by atoms with Crippen molar-refractivity contribution in [1.82, 2.24) is 4.98 Å². The minimum atomic E-state index is -4.11. The fourth-order valence-electron chi connectivity index (χ4n) is 1.41. The van der Waals surface area contributed by atoms with Crippen molar-refractivity contribution in [2.24, 2.45) is 0 Å². The van der Waals surface area contributed by atoms with E-state index in [1.54, 1.807) is 0 Å². The van der Waals surface area contributed by atoms with Gasteiger partial charge < -0.3 is 5.73 Å². The maximum absolute atomic E-state index is 13.8. The molecule has 0 aliphatic rings. The molecular formula is C11H9ClFN3O2S. The van der Waals surface area contributed by atoms with Gasteiger partial charge in [-0.3, -0.25) is 9.71 Å². The van der Waals surface area contributed by atoms with Gasteiger partial charge in [0.1, 0.15) is 4.90 Å². The van der Waals surface area contributed by atoms with E-state index in [0.717, 1.165) is 12.1 Å². The van der Waals surface area contributed by atoms with Gasteiger partial charge in [0.25, 0.3) is 10.0 Å². The van der Waals surface area contributed by atoms with Crippen LogP contribution in [0.5, 0.6) is 0 Å².